The summed E-state index contributed by atoms with van der Waals surface area (Å²) in [5, 5.41) is 0. The van der Waals surface area contributed by atoms with Crippen molar-refractivity contribution in [3.8, 4) is 0 Å². The van der Waals surface area contributed by atoms with E-state index in [1.165, 1.54) is 173 Å². The molecule has 0 aliphatic heterocycles. The molecule has 0 rings (SSSR count). The summed E-state index contributed by atoms with van der Waals surface area (Å²) in [5.41, 5.74) is 0. The van der Waals surface area contributed by atoms with Gasteiger partial charge in [-0.15, -0.1) is 0 Å². The van der Waals surface area contributed by atoms with Crippen molar-refractivity contribution in [1.82, 2.24) is 0 Å². The van der Waals surface area contributed by atoms with E-state index in [4.69, 9.17) is 14.2 Å². The zero-order chi connectivity index (χ0) is 58.5. The van der Waals surface area contributed by atoms with Gasteiger partial charge in [0.1, 0.15) is 13.2 Å². The number of allylic oxidation sites excluding steroid dienone is 16. The summed E-state index contributed by atoms with van der Waals surface area (Å²) in [4.78, 5) is 38.4. The molecule has 0 aromatic carbocycles. The molecule has 81 heavy (non-hydrogen) atoms. The molecule has 0 saturated carbocycles. The molecule has 0 N–H and O–H groups in total. The maximum atomic E-state index is 12.9. The predicted octanol–water partition coefficient (Wildman–Crippen LogP) is 24.0. The van der Waals surface area contributed by atoms with Crippen LogP contribution in [0.15, 0.2) is 97.2 Å². The number of ether oxygens (including phenoxy) is 3. The summed E-state index contributed by atoms with van der Waals surface area (Å²) in [6.07, 6.45) is 92.9. The van der Waals surface area contributed by atoms with Gasteiger partial charge in [-0.1, -0.05) is 317 Å². The van der Waals surface area contributed by atoms with Crippen LogP contribution in [0.5, 0.6) is 0 Å². The molecule has 1 atom stereocenters. The molecule has 0 saturated heterocycles. The van der Waals surface area contributed by atoms with Crippen molar-refractivity contribution in [2.75, 3.05) is 13.2 Å². The normalized spacial score (nSPS) is 12.7. The Morgan fingerprint density at radius 2 is 0.481 bits per heavy atom. The first-order valence-corrected chi connectivity index (χ1v) is 34.7. The predicted molar refractivity (Wildman–Crippen MR) is 353 cm³/mol. The molecule has 0 amide bonds. The Hall–Kier alpha value is -3.67. The molecular formula is C75H130O6. The third kappa shape index (κ3) is 67.0. The van der Waals surface area contributed by atoms with Gasteiger partial charge in [-0.3, -0.25) is 14.4 Å². The smallest absolute Gasteiger partial charge is 0.306 e. The molecule has 0 bridgehead atoms. The third-order valence-electron chi connectivity index (χ3n) is 15.1. The lowest BCUT2D eigenvalue weighted by molar-refractivity contribution is -0.167. The minimum absolute atomic E-state index is 0.0856. The highest BCUT2D eigenvalue weighted by Crippen LogP contribution is 2.17. The molecule has 0 aromatic heterocycles. The molecule has 6 nitrogen and oxygen atoms in total. The number of hydrogen-bond acceptors (Lipinski definition) is 6. The van der Waals surface area contributed by atoms with Crippen LogP contribution in [0.2, 0.25) is 0 Å². The summed E-state index contributed by atoms with van der Waals surface area (Å²) in [5.74, 6) is -0.898. The second-order valence-corrected chi connectivity index (χ2v) is 23.1. The molecule has 0 aliphatic carbocycles. The molecule has 0 aliphatic rings. The van der Waals surface area contributed by atoms with E-state index in [0.29, 0.717) is 19.3 Å². The van der Waals surface area contributed by atoms with E-state index >= 15 is 0 Å². The summed E-state index contributed by atoms with van der Waals surface area (Å²) >= 11 is 0. The summed E-state index contributed by atoms with van der Waals surface area (Å²) in [6, 6.07) is 0. The summed E-state index contributed by atoms with van der Waals surface area (Å²) in [7, 11) is 0. The molecule has 0 radical (unpaired) electrons. The number of carbonyl (C=O) groups excluding carboxylic acids is 3. The van der Waals surface area contributed by atoms with Crippen LogP contribution in [-0.2, 0) is 28.6 Å². The average molecular weight is 1130 g/mol. The fourth-order valence-electron chi connectivity index (χ4n) is 9.89. The van der Waals surface area contributed by atoms with E-state index in [2.05, 4.69) is 118 Å². The number of carbonyl (C=O) groups is 3. The van der Waals surface area contributed by atoms with Gasteiger partial charge in [-0.2, -0.15) is 0 Å². The van der Waals surface area contributed by atoms with Crippen LogP contribution in [0.3, 0.4) is 0 Å². The molecule has 0 heterocycles. The Balaban J connectivity index is 4.31. The van der Waals surface area contributed by atoms with Gasteiger partial charge in [0.05, 0.1) is 0 Å². The number of hydrogen-bond donors (Lipinski definition) is 0. The molecule has 0 aromatic rings. The van der Waals surface area contributed by atoms with Crippen molar-refractivity contribution in [1.29, 1.82) is 0 Å². The maximum absolute atomic E-state index is 12.9. The number of unbranched alkanes of at least 4 members (excludes halogenated alkanes) is 36. The molecule has 0 spiro atoms. The SMILES string of the molecule is CC/C=C\C/C=C\C/C=C\C/C=C\C/C=C\C/C=C\C/C=C\CCCCCCCC(=O)OCC(COC(=O)CCCCCCC/C=C\CCCCC)OC(=O)CCCCCCCCCCCCCCCCCCCCCCCCCC. The lowest BCUT2D eigenvalue weighted by Gasteiger charge is -2.18. The molecule has 0 fully saturated rings. The van der Waals surface area contributed by atoms with Gasteiger partial charge in [0.2, 0.25) is 0 Å². The second-order valence-electron chi connectivity index (χ2n) is 23.1. The first-order valence-electron chi connectivity index (χ1n) is 34.7. The maximum Gasteiger partial charge on any atom is 0.306 e. The van der Waals surface area contributed by atoms with Gasteiger partial charge in [-0.05, 0) is 103 Å². The van der Waals surface area contributed by atoms with E-state index < -0.39 is 6.10 Å². The zero-order valence-corrected chi connectivity index (χ0v) is 53.5. The fourth-order valence-corrected chi connectivity index (χ4v) is 9.89. The second kappa shape index (κ2) is 68.8. The average Bonchev–Trinajstić information content (AvgIpc) is 3.47. The Morgan fingerprint density at radius 3 is 0.790 bits per heavy atom. The van der Waals surface area contributed by atoms with Crippen LogP contribution in [0.1, 0.15) is 342 Å². The minimum atomic E-state index is -0.790. The highest BCUT2D eigenvalue weighted by molar-refractivity contribution is 5.71. The van der Waals surface area contributed by atoms with Crippen LogP contribution >= 0.6 is 0 Å². The highest BCUT2D eigenvalue weighted by atomic mass is 16.6. The Kier molecular flexibility index (Phi) is 65.7. The Bertz CT molecular complexity index is 1580. The van der Waals surface area contributed by atoms with Gasteiger partial charge >= 0.3 is 17.9 Å². The van der Waals surface area contributed by atoms with E-state index in [9.17, 15) is 14.4 Å². The minimum Gasteiger partial charge on any atom is -0.462 e. The van der Waals surface area contributed by atoms with Crippen LogP contribution in [0, 0.1) is 0 Å². The number of esters is 3. The van der Waals surface area contributed by atoms with Gasteiger partial charge in [0.15, 0.2) is 6.10 Å². The van der Waals surface area contributed by atoms with Crippen molar-refractivity contribution < 1.29 is 28.6 Å². The molecule has 1 unspecified atom stereocenters. The highest BCUT2D eigenvalue weighted by Gasteiger charge is 2.19. The summed E-state index contributed by atoms with van der Waals surface area (Å²) < 4.78 is 16.9. The van der Waals surface area contributed by atoms with Crippen molar-refractivity contribution in [3.63, 3.8) is 0 Å². The van der Waals surface area contributed by atoms with E-state index in [0.717, 1.165) is 128 Å². The van der Waals surface area contributed by atoms with Crippen LogP contribution in [0.25, 0.3) is 0 Å². The zero-order valence-electron chi connectivity index (χ0n) is 53.5. The lowest BCUT2D eigenvalue weighted by Crippen LogP contribution is -2.30. The van der Waals surface area contributed by atoms with Gasteiger partial charge < -0.3 is 14.2 Å². The summed E-state index contributed by atoms with van der Waals surface area (Å²) in [6.45, 7) is 6.52. The van der Waals surface area contributed by atoms with Crippen molar-refractivity contribution in [2.24, 2.45) is 0 Å². The Labute approximate surface area is 502 Å². The van der Waals surface area contributed by atoms with Gasteiger partial charge in [0.25, 0.3) is 0 Å². The van der Waals surface area contributed by atoms with Gasteiger partial charge in [0, 0.05) is 19.3 Å². The van der Waals surface area contributed by atoms with E-state index in [-0.39, 0.29) is 31.1 Å². The van der Waals surface area contributed by atoms with Crippen molar-refractivity contribution in [3.05, 3.63) is 97.2 Å². The van der Waals surface area contributed by atoms with Crippen molar-refractivity contribution in [2.45, 2.75) is 348 Å². The third-order valence-corrected chi connectivity index (χ3v) is 15.1. The fraction of sp³-hybridized carbons (Fsp3) is 0.747. The number of rotatable bonds is 63. The molecule has 466 valence electrons. The molecule has 6 heteroatoms. The van der Waals surface area contributed by atoms with Crippen molar-refractivity contribution >= 4 is 17.9 Å². The monoisotopic (exact) mass is 1130 g/mol. The Morgan fingerprint density at radius 1 is 0.259 bits per heavy atom. The van der Waals surface area contributed by atoms with Crippen LogP contribution in [0.4, 0.5) is 0 Å². The van der Waals surface area contributed by atoms with Crippen LogP contribution < -0.4 is 0 Å². The van der Waals surface area contributed by atoms with Gasteiger partial charge in [-0.25, -0.2) is 0 Å². The first-order chi connectivity index (χ1) is 40.0. The standard InChI is InChI=1S/C75H130O6/c1-4-7-10-13-16-19-22-25-27-29-31-33-35-37-38-39-41-42-44-46-48-50-53-56-59-62-65-68-74(77)80-71-72(70-79-73(76)67-64-61-58-55-52-24-21-18-15-12-9-6-3)81-75(78)69-66-63-60-57-54-51-49-47-45-43-40-36-34-32-30-28-26-23-20-17-14-11-8-5-2/h7,10,16,18-19,21,25,27,31,33,37-38,41-42,46,48,72H,4-6,8-9,11-15,17,20,22-24,26,28-30,32,34-36,39-40,43-45,47,49-71H2,1-3H3/b10-7-,19-16-,21-18-,27-25-,33-31-,38-37-,42-41-,48-46-. The van der Waals surface area contributed by atoms with E-state index in [1.54, 1.807) is 0 Å². The molecular weight excluding hydrogens is 997 g/mol. The first kappa shape index (κ1) is 77.3. The lowest BCUT2D eigenvalue weighted by atomic mass is 10.0. The van der Waals surface area contributed by atoms with Crippen LogP contribution in [-0.4, -0.2) is 37.2 Å². The largest absolute Gasteiger partial charge is 0.462 e. The quantitative estimate of drug-likeness (QED) is 0.0261. The topological polar surface area (TPSA) is 78.9 Å². The van der Waals surface area contributed by atoms with E-state index in [1.807, 2.05) is 0 Å².